The highest BCUT2D eigenvalue weighted by Crippen LogP contribution is 2.47. The standard InChI is InChI=1S/C11H15N3O/c1-9-6-10(14-15-9)7-13-8-11(2-3-11)4-5-12/h6,13H,2-4,7-8H2,1H3. The number of nitrogens with one attached hydrogen (secondary N) is 1. The summed E-state index contributed by atoms with van der Waals surface area (Å²) in [5.74, 6) is 0.838. The largest absolute Gasteiger partial charge is 0.361 e. The van der Waals surface area contributed by atoms with E-state index in [1.807, 2.05) is 13.0 Å². The summed E-state index contributed by atoms with van der Waals surface area (Å²) in [5, 5.41) is 15.9. The highest BCUT2D eigenvalue weighted by molar-refractivity contribution is 5.04. The minimum absolute atomic E-state index is 0.257. The van der Waals surface area contributed by atoms with Crippen molar-refractivity contribution in [2.45, 2.75) is 32.7 Å². The van der Waals surface area contributed by atoms with E-state index in [0.717, 1.165) is 24.5 Å². The monoisotopic (exact) mass is 205 g/mol. The van der Waals surface area contributed by atoms with E-state index in [1.165, 1.54) is 12.8 Å². The van der Waals surface area contributed by atoms with E-state index < -0.39 is 0 Å². The Hall–Kier alpha value is -1.34. The number of nitriles is 1. The molecule has 0 aromatic carbocycles. The normalized spacial score (nSPS) is 17.3. The van der Waals surface area contributed by atoms with Crippen LogP contribution >= 0.6 is 0 Å². The average Bonchev–Trinajstić information content (AvgIpc) is 2.83. The molecule has 1 fully saturated rings. The zero-order valence-corrected chi connectivity index (χ0v) is 8.92. The van der Waals surface area contributed by atoms with E-state index in [1.54, 1.807) is 0 Å². The maximum Gasteiger partial charge on any atom is 0.133 e. The quantitative estimate of drug-likeness (QED) is 0.795. The maximum atomic E-state index is 8.66. The molecule has 1 aromatic rings. The number of rotatable bonds is 5. The van der Waals surface area contributed by atoms with Crippen LogP contribution in [-0.4, -0.2) is 11.7 Å². The van der Waals surface area contributed by atoms with Crippen molar-refractivity contribution in [3.05, 3.63) is 17.5 Å². The van der Waals surface area contributed by atoms with Gasteiger partial charge in [-0.05, 0) is 25.2 Å². The summed E-state index contributed by atoms with van der Waals surface area (Å²) in [6.45, 7) is 3.52. The van der Waals surface area contributed by atoms with Gasteiger partial charge >= 0.3 is 0 Å². The molecule has 0 atom stereocenters. The van der Waals surface area contributed by atoms with Crippen molar-refractivity contribution in [2.24, 2.45) is 5.41 Å². The third-order valence-corrected chi connectivity index (χ3v) is 2.89. The van der Waals surface area contributed by atoms with Crippen LogP contribution in [0.25, 0.3) is 0 Å². The molecule has 0 spiro atoms. The minimum Gasteiger partial charge on any atom is -0.361 e. The molecular weight excluding hydrogens is 190 g/mol. The van der Waals surface area contributed by atoms with Crippen molar-refractivity contribution < 1.29 is 4.52 Å². The van der Waals surface area contributed by atoms with Gasteiger partial charge in [0.25, 0.3) is 0 Å². The van der Waals surface area contributed by atoms with Crippen molar-refractivity contribution in [3.63, 3.8) is 0 Å². The SMILES string of the molecule is Cc1cc(CNCC2(CC#N)CC2)no1. The number of nitrogens with zero attached hydrogens (tertiary/aromatic N) is 2. The van der Waals surface area contributed by atoms with Gasteiger partial charge in [-0.3, -0.25) is 0 Å². The second kappa shape index (κ2) is 4.03. The summed E-state index contributed by atoms with van der Waals surface area (Å²) in [5.41, 5.74) is 1.19. The fourth-order valence-electron chi connectivity index (χ4n) is 1.72. The Labute approximate surface area is 89.3 Å². The van der Waals surface area contributed by atoms with Crippen molar-refractivity contribution in [2.75, 3.05) is 6.54 Å². The zero-order chi connectivity index (χ0) is 10.7. The summed E-state index contributed by atoms with van der Waals surface area (Å²) in [6.07, 6.45) is 3.01. The predicted molar refractivity (Wildman–Crippen MR) is 54.8 cm³/mol. The summed E-state index contributed by atoms with van der Waals surface area (Å²) < 4.78 is 4.97. The fraction of sp³-hybridized carbons (Fsp3) is 0.636. The Bertz CT molecular complexity index is 373. The van der Waals surface area contributed by atoms with Crippen molar-refractivity contribution >= 4 is 0 Å². The first kappa shape index (κ1) is 10.2. The van der Waals surface area contributed by atoms with Gasteiger partial charge in [-0.2, -0.15) is 5.26 Å². The summed E-state index contributed by atoms with van der Waals surface area (Å²) >= 11 is 0. The van der Waals surface area contributed by atoms with Gasteiger partial charge in [0.2, 0.25) is 0 Å². The molecule has 0 radical (unpaired) electrons. The second-order valence-corrected chi connectivity index (χ2v) is 4.37. The molecule has 1 aliphatic rings. The van der Waals surface area contributed by atoms with Crippen LogP contribution in [0.4, 0.5) is 0 Å². The molecule has 0 amide bonds. The molecule has 15 heavy (non-hydrogen) atoms. The van der Waals surface area contributed by atoms with Gasteiger partial charge in [0, 0.05) is 25.6 Å². The van der Waals surface area contributed by atoms with Crippen LogP contribution in [0.2, 0.25) is 0 Å². The lowest BCUT2D eigenvalue weighted by Gasteiger charge is -2.10. The van der Waals surface area contributed by atoms with Gasteiger partial charge in [0.05, 0.1) is 11.8 Å². The van der Waals surface area contributed by atoms with Crippen LogP contribution in [0.5, 0.6) is 0 Å². The van der Waals surface area contributed by atoms with Gasteiger partial charge in [0.15, 0.2) is 0 Å². The molecule has 1 N–H and O–H groups in total. The van der Waals surface area contributed by atoms with Crippen molar-refractivity contribution in [1.29, 1.82) is 5.26 Å². The van der Waals surface area contributed by atoms with E-state index in [4.69, 9.17) is 9.78 Å². The molecule has 0 aliphatic heterocycles. The van der Waals surface area contributed by atoms with Gasteiger partial charge < -0.3 is 9.84 Å². The zero-order valence-electron chi connectivity index (χ0n) is 8.92. The number of aryl methyl sites for hydroxylation is 1. The Kier molecular flexibility index (Phi) is 2.74. The van der Waals surface area contributed by atoms with E-state index in [-0.39, 0.29) is 5.41 Å². The Morgan fingerprint density at radius 1 is 1.67 bits per heavy atom. The van der Waals surface area contributed by atoms with Crippen LogP contribution in [0.3, 0.4) is 0 Å². The molecule has 0 saturated heterocycles. The van der Waals surface area contributed by atoms with Crippen molar-refractivity contribution in [3.8, 4) is 6.07 Å². The van der Waals surface area contributed by atoms with Gasteiger partial charge in [0.1, 0.15) is 5.76 Å². The lowest BCUT2D eigenvalue weighted by atomic mass is 10.0. The van der Waals surface area contributed by atoms with E-state index >= 15 is 0 Å². The number of hydrogen-bond donors (Lipinski definition) is 1. The predicted octanol–water partition coefficient (Wildman–Crippen LogP) is 1.77. The first-order chi connectivity index (χ1) is 7.24. The minimum atomic E-state index is 0.257. The number of aromatic nitrogens is 1. The fourth-order valence-corrected chi connectivity index (χ4v) is 1.72. The van der Waals surface area contributed by atoms with E-state index in [9.17, 15) is 0 Å². The summed E-state index contributed by atoms with van der Waals surface area (Å²) in [6, 6.07) is 4.18. The van der Waals surface area contributed by atoms with E-state index in [0.29, 0.717) is 6.42 Å². The van der Waals surface area contributed by atoms with Gasteiger partial charge in [-0.25, -0.2) is 0 Å². The lowest BCUT2D eigenvalue weighted by Crippen LogP contribution is -2.23. The third kappa shape index (κ3) is 2.57. The molecular formula is C11H15N3O. The lowest BCUT2D eigenvalue weighted by molar-refractivity contribution is 0.384. The van der Waals surface area contributed by atoms with Crippen molar-refractivity contribution in [1.82, 2.24) is 10.5 Å². The molecule has 4 heteroatoms. The Balaban J connectivity index is 1.74. The highest BCUT2D eigenvalue weighted by atomic mass is 16.5. The third-order valence-electron chi connectivity index (χ3n) is 2.89. The van der Waals surface area contributed by atoms with Crippen LogP contribution in [-0.2, 0) is 6.54 Å². The Morgan fingerprint density at radius 3 is 3.00 bits per heavy atom. The van der Waals surface area contributed by atoms with Crippen LogP contribution in [0.1, 0.15) is 30.7 Å². The molecule has 1 heterocycles. The molecule has 4 nitrogen and oxygen atoms in total. The van der Waals surface area contributed by atoms with E-state index in [2.05, 4.69) is 16.5 Å². The van der Waals surface area contributed by atoms with Crippen LogP contribution in [0, 0.1) is 23.7 Å². The first-order valence-electron chi connectivity index (χ1n) is 5.24. The molecule has 80 valence electrons. The summed E-state index contributed by atoms with van der Waals surface area (Å²) in [4.78, 5) is 0. The first-order valence-corrected chi connectivity index (χ1v) is 5.24. The average molecular weight is 205 g/mol. The van der Waals surface area contributed by atoms with Crippen LogP contribution in [0.15, 0.2) is 10.6 Å². The Morgan fingerprint density at radius 2 is 2.47 bits per heavy atom. The number of hydrogen-bond acceptors (Lipinski definition) is 4. The molecule has 1 aliphatic carbocycles. The molecule has 1 aromatic heterocycles. The van der Waals surface area contributed by atoms with Gasteiger partial charge in [-0.15, -0.1) is 0 Å². The second-order valence-electron chi connectivity index (χ2n) is 4.37. The summed E-state index contributed by atoms with van der Waals surface area (Å²) in [7, 11) is 0. The molecule has 0 unspecified atom stereocenters. The maximum absolute atomic E-state index is 8.66. The highest BCUT2D eigenvalue weighted by Gasteiger charge is 2.41. The molecule has 2 rings (SSSR count). The van der Waals surface area contributed by atoms with Gasteiger partial charge in [-0.1, -0.05) is 5.16 Å². The molecule has 0 bridgehead atoms. The van der Waals surface area contributed by atoms with Crippen LogP contribution < -0.4 is 5.32 Å². The topological polar surface area (TPSA) is 61.9 Å². The molecule has 1 saturated carbocycles. The smallest absolute Gasteiger partial charge is 0.133 e.